The second-order valence-corrected chi connectivity index (χ2v) is 10.6. The van der Waals surface area contributed by atoms with Crippen LogP contribution in [-0.4, -0.2) is 47.0 Å². The molecular weight excluding hydrogens is 507 g/mol. The Balaban J connectivity index is 0.000000998. The Morgan fingerprint density at radius 1 is 1.03 bits per heavy atom. The van der Waals surface area contributed by atoms with Crippen LogP contribution in [0.5, 0.6) is 0 Å². The molecule has 39 heavy (non-hydrogen) atoms. The first kappa shape index (κ1) is 33.0. The van der Waals surface area contributed by atoms with Gasteiger partial charge in [0.15, 0.2) is 0 Å². The molecule has 3 aliphatic rings. The van der Waals surface area contributed by atoms with Crippen molar-refractivity contribution in [3.05, 3.63) is 29.1 Å². The average molecular weight is 556 g/mol. The number of esters is 1. The molecule has 0 spiro atoms. The van der Waals surface area contributed by atoms with Gasteiger partial charge in [-0.3, -0.25) is 14.6 Å². The number of pyridine rings is 1. The van der Waals surface area contributed by atoms with E-state index in [0.717, 1.165) is 63.6 Å². The van der Waals surface area contributed by atoms with Crippen molar-refractivity contribution >= 4 is 11.9 Å². The number of carbonyl (C=O) groups excluding carboxylic acids is 2. The summed E-state index contributed by atoms with van der Waals surface area (Å²) in [6.07, 6.45) is 5.25. The molecule has 4 unspecified atom stereocenters. The van der Waals surface area contributed by atoms with Crippen molar-refractivity contribution in [2.45, 2.75) is 124 Å². The van der Waals surface area contributed by atoms with Gasteiger partial charge in [0.1, 0.15) is 0 Å². The number of halogens is 3. The largest absolute Gasteiger partial charge is 0.466 e. The van der Waals surface area contributed by atoms with Gasteiger partial charge in [-0.25, -0.2) is 0 Å². The van der Waals surface area contributed by atoms with Crippen molar-refractivity contribution in [2.75, 3.05) is 13.2 Å². The first-order chi connectivity index (χ1) is 18.7. The third-order valence-electron chi connectivity index (χ3n) is 7.52. The normalized spacial score (nSPS) is 24.8. The smallest absolute Gasteiger partial charge is 0.417 e. The number of nitrogens with zero attached hydrogens (tertiary/aromatic N) is 2. The lowest BCUT2D eigenvalue weighted by atomic mass is 9.99. The van der Waals surface area contributed by atoms with E-state index in [1.807, 2.05) is 20.8 Å². The highest BCUT2D eigenvalue weighted by molar-refractivity contribution is 5.79. The summed E-state index contributed by atoms with van der Waals surface area (Å²) in [7, 11) is 0. The maximum atomic E-state index is 13.2. The van der Waals surface area contributed by atoms with Gasteiger partial charge in [0, 0.05) is 49.4 Å². The van der Waals surface area contributed by atoms with Gasteiger partial charge in [-0.15, -0.1) is 0 Å². The zero-order chi connectivity index (χ0) is 29.0. The lowest BCUT2D eigenvalue weighted by Crippen LogP contribution is -2.41. The molecule has 0 aromatic carbocycles. The third-order valence-corrected chi connectivity index (χ3v) is 7.52. The summed E-state index contributed by atoms with van der Waals surface area (Å²) in [4.78, 5) is 30.9. The van der Waals surface area contributed by atoms with Crippen LogP contribution in [0.3, 0.4) is 0 Å². The minimum absolute atomic E-state index is 0.0148. The number of amides is 1. The summed E-state index contributed by atoms with van der Waals surface area (Å²) >= 11 is 0. The Kier molecular flexibility index (Phi) is 13.7. The van der Waals surface area contributed by atoms with Crippen LogP contribution >= 0.6 is 0 Å². The van der Waals surface area contributed by atoms with E-state index in [-0.39, 0.29) is 36.3 Å². The molecule has 222 valence electrons. The number of rotatable bonds is 5. The minimum Gasteiger partial charge on any atom is -0.466 e. The summed E-state index contributed by atoms with van der Waals surface area (Å²) in [5.41, 5.74) is 0.383. The van der Waals surface area contributed by atoms with Crippen LogP contribution < -0.4 is 5.32 Å². The van der Waals surface area contributed by atoms with Gasteiger partial charge in [-0.05, 0) is 63.5 Å². The third kappa shape index (κ3) is 9.76. The summed E-state index contributed by atoms with van der Waals surface area (Å²) in [6, 6.07) is 1.73. The van der Waals surface area contributed by atoms with Crippen molar-refractivity contribution in [3.8, 4) is 0 Å². The summed E-state index contributed by atoms with van der Waals surface area (Å²) in [5, 5.41) is 3.72. The topological polar surface area (TPSA) is 71.5 Å². The Bertz CT molecular complexity index is 909. The average Bonchev–Trinajstić information content (AvgIpc) is 3.26. The van der Waals surface area contributed by atoms with E-state index in [0.29, 0.717) is 36.9 Å². The summed E-state index contributed by atoms with van der Waals surface area (Å²) in [6.45, 7) is 11.2. The van der Waals surface area contributed by atoms with Gasteiger partial charge in [0.25, 0.3) is 0 Å². The molecule has 4 rings (SSSR count). The molecule has 2 fully saturated rings. The molecule has 0 saturated heterocycles. The first-order valence-corrected chi connectivity index (χ1v) is 14.9. The van der Waals surface area contributed by atoms with Gasteiger partial charge in [0.05, 0.1) is 18.1 Å². The number of fused-ring (bicyclic) bond motifs is 1. The molecule has 1 N–H and O–H groups in total. The Labute approximate surface area is 232 Å². The Morgan fingerprint density at radius 2 is 1.69 bits per heavy atom. The maximum absolute atomic E-state index is 13.2. The number of ether oxygens (including phenoxy) is 1. The predicted molar refractivity (Wildman–Crippen MR) is 147 cm³/mol. The van der Waals surface area contributed by atoms with Crippen molar-refractivity contribution in [1.29, 1.82) is 0 Å². The van der Waals surface area contributed by atoms with E-state index in [1.54, 1.807) is 4.90 Å². The number of aromatic nitrogens is 1. The van der Waals surface area contributed by atoms with Crippen LogP contribution in [0.1, 0.15) is 109 Å². The molecule has 1 aromatic heterocycles. The monoisotopic (exact) mass is 555 g/mol. The van der Waals surface area contributed by atoms with E-state index >= 15 is 0 Å². The summed E-state index contributed by atoms with van der Waals surface area (Å²) < 4.78 is 44.4. The van der Waals surface area contributed by atoms with Crippen LogP contribution in [0.25, 0.3) is 0 Å². The standard InChI is InChI=1S/C25H34F3N3O3.C3H8.C2H6/c1-2-34-24(33)16-4-3-5-20(8-6-16)30-21-9-7-17(13-21)23(32)31-11-10-22-18(15-31)12-19(14-29-22)25(26,27)28;1-3-2;1-2/h12,14,16-17,20-21,30H,2-11,13,15H2,1H3;3H2,1-2H3;1-2H3. The quantitative estimate of drug-likeness (QED) is 0.323. The van der Waals surface area contributed by atoms with Gasteiger partial charge < -0.3 is 15.0 Å². The van der Waals surface area contributed by atoms with E-state index in [1.165, 1.54) is 6.42 Å². The minimum atomic E-state index is -4.44. The fraction of sp³-hybridized carbons (Fsp3) is 0.767. The van der Waals surface area contributed by atoms with Crippen molar-refractivity contribution in [3.63, 3.8) is 0 Å². The second kappa shape index (κ2) is 16.2. The molecule has 1 amide bonds. The van der Waals surface area contributed by atoms with E-state index in [4.69, 9.17) is 4.74 Å². The van der Waals surface area contributed by atoms with Crippen LogP contribution in [0.15, 0.2) is 12.3 Å². The second-order valence-electron chi connectivity index (χ2n) is 10.6. The molecule has 9 heteroatoms. The van der Waals surface area contributed by atoms with Crippen LogP contribution in [0.2, 0.25) is 0 Å². The first-order valence-electron chi connectivity index (χ1n) is 14.9. The van der Waals surface area contributed by atoms with Crippen molar-refractivity contribution in [2.24, 2.45) is 11.8 Å². The lowest BCUT2D eigenvalue weighted by molar-refractivity contribution is -0.148. The fourth-order valence-electron chi connectivity index (χ4n) is 5.68. The highest BCUT2D eigenvalue weighted by atomic mass is 19.4. The van der Waals surface area contributed by atoms with Crippen LogP contribution in [-0.2, 0) is 33.5 Å². The van der Waals surface area contributed by atoms with Gasteiger partial charge in [-0.2, -0.15) is 13.2 Å². The number of hydrogen-bond donors (Lipinski definition) is 1. The molecule has 1 aliphatic heterocycles. The van der Waals surface area contributed by atoms with Crippen LogP contribution in [0.4, 0.5) is 13.2 Å². The SMILES string of the molecule is CC.CCC.CCOC(=O)C1CCCC(NC2CCC(C(=O)N3CCc4ncc(C(F)(F)F)cc4C3)C2)CC1. The van der Waals surface area contributed by atoms with Crippen LogP contribution in [0, 0.1) is 11.8 Å². The number of alkyl halides is 3. The Hall–Kier alpha value is -2.16. The lowest BCUT2D eigenvalue weighted by Gasteiger charge is -2.31. The van der Waals surface area contributed by atoms with E-state index in [2.05, 4.69) is 24.1 Å². The molecule has 2 aliphatic carbocycles. The number of nitrogens with one attached hydrogen (secondary N) is 1. The highest BCUT2D eigenvalue weighted by Gasteiger charge is 2.37. The van der Waals surface area contributed by atoms with Gasteiger partial charge >= 0.3 is 12.1 Å². The molecular formula is C30H48F3N3O3. The zero-order valence-corrected chi connectivity index (χ0v) is 24.4. The zero-order valence-electron chi connectivity index (χ0n) is 24.4. The van der Waals surface area contributed by atoms with E-state index < -0.39 is 11.7 Å². The van der Waals surface area contributed by atoms with Gasteiger partial charge in [0.2, 0.25) is 5.91 Å². The molecule has 2 heterocycles. The molecule has 1 aromatic rings. The van der Waals surface area contributed by atoms with Crippen molar-refractivity contribution in [1.82, 2.24) is 15.2 Å². The maximum Gasteiger partial charge on any atom is 0.417 e. The number of hydrogen-bond acceptors (Lipinski definition) is 5. The molecule has 0 bridgehead atoms. The molecule has 6 nitrogen and oxygen atoms in total. The van der Waals surface area contributed by atoms with E-state index in [9.17, 15) is 22.8 Å². The molecule has 4 atom stereocenters. The predicted octanol–water partition coefficient (Wildman–Crippen LogP) is 6.70. The molecule has 0 radical (unpaired) electrons. The molecule has 2 saturated carbocycles. The fourth-order valence-corrected chi connectivity index (χ4v) is 5.68. The number of carbonyl (C=O) groups is 2. The Morgan fingerprint density at radius 3 is 2.36 bits per heavy atom. The van der Waals surface area contributed by atoms with Gasteiger partial charge in [-0.1, -0.05) is 40.5 Å². The summed E-state index contributed by atoms with van der Waals surface area (Å²) in [5.74, 6) is -0.166. The highest BCUT2D eigenvalue weighted by Crippen LogP contribution is 2.33. The van der Waals surface area contributed by atoms with Crippen molar-refractivity contribution < 1.29 is 27.5 Å².